The van der Waals surface area contributed by atoms with E-state index in [4.69, 9.17) is 4.43 Å². The van der Waals surface area contributed by atoms with Gasteiger partial charge < -0.3 is 4.43 Å². The molecular weight excluding hydrogens is 111 g/mol. The van der Waals surface area contributed by atoms with Crippen LogP contribution in [0, 0.1) is 0 Å². The molecule has 0 spiro atoms. The van der Waals surface area contributed by atoms with E-state index in [9.17, 15) is 0 Å². The highest BCUT2D eigenvalue weighted by molar-refractivity contribution is 7.69. The zero-order valence-electron chi connectivity index (χ0n) is 4.12. The van der Waals surface area contributed by atoms with Crippen LogP contribution in [-0.4, -0.2) is 22.7 Å². The lowest BCUT2D eigenvalue weighted by Crippen LogP contribution is -1.88. The molecule has 0 aromatic rings. The Morgan fingerprint density at radius 1 is 1.83 bits per heavy atom. The van der Waals surface area contributed by atoms with Gasteiger partial charge in [0.1, 0.15) is 0 Å². The van der Waals surface area contributed by atoms with Crippen molar-refractivity contribution in [1.82, 2.24) is 0 Å². The van der Waals surface area contributed by atoms with Crippen LogP contribution in [0.4, 0.5) is 0 Å². The second-order valence-electron chi connectivity index (χ2n) is 0.785. The molecule has 0 aliphatic heterocycles. The summed E-state index contributed by atoms with van der Waals surface area (Å²) in [6, 6.07) is 0. The first-order valence-electron chi connectivity index (χ1n) is 1.95. The summed E-state index contributed by atoms with van der Waals surface area (Å²) in [5.41, 5.74) is 0. The van der Waals surface area contributed by atoms with Crippen LogP contribution < -0.4 is 0 Å². The van der Waals surface area contributed by atoms with Crippen LogP contribution in [0.25, 0.3) is 0 Å². The first-order chi connectivity index (χ1) is 2.91. The van der Waals surface area contributed by atoms with Gasteiger partial charge in [-0.2, -0.15) is 0 Å². The van der Waals surface area contributed by atoms with Gasteiger partial charge in [0.05, 0.1) is 0 Å². The summed E-state index contributed by atoms with van der Waals surface area (Å²) >= 11 is 0. The Balaban J connectivity index is 2.34. The Morgan fingerprint density at radius 2 is 2.50 bits per heavy atom. The average Bonchev–Trinajstić information content (AvgIpc) is 1.61. The van der Waals surface area contributed by atoms with Crippen molar-refractivity contribution in [3.8, 4) is 0 Å². The van der Waals surface area contributed by atoms with Gasteiger partial charge in [0, 0.05) is 6.61 Å². The zero-order chi connectivity index (χ0) is 4.83. The fraction of sp³-hybridized carbons (Fsp3) is 1.00. The largest absolute Gasteiger partial charge is 0.412 e. The van der Waals surface area contributed by atoms with Crippen molar-refractivity contribution in [2.75, 3.05) is 13.3 Å². The molecule has 0 saturated carbocycles. The van der Waals surface area contributed by atoms with Crippen LogP contribution in [-0.2, 0) is 4.43 Å². The highest BCUT2D eigenvalue weighted by Crippen LogP contribution is 1.95. The summed E-state index contributed by atoms with van der Waals surface area (Å²) in [7, 11) is 1.71. The van der Waals surface area contributed by atoms with Crippen molar-refractivity contribution in [3.63, 3.8) is 0 Å². The van der Waals surface area contributed by atoms with Gasteiger partial charge in [-0.25, -0.2) is 0 Å². The smallest absolute Gasteiger partial charge is 0.259 e. The molecule has 0 aromatic carbocycles. The highest BCUT2D eigenvalue weighted by atomic mass is 31.3. The van der Waals surface area contributed by atoms with E-state index in [0.717, 1.165) is 24.2 Å². The van der Waals surface area contributed by atoms with Crippen LogP contribution in [0.1, 0.15) is 6.92 Å². The Labute approximate surface area is 43.0 Å². The van der Waals surface area contributed by atoms with Crippen molar-refractivity contribution in [2.45, 2.75) is 6.92 Å². The molecule has 0 heterocycles. The standard InChI is InChI=1S/C3H9OPSi/c1-3-4-6-5-2/h5H,3H2,1-2H3. The van der Waals surface area contributed by atoms with Crippen molar-refractivity contribution in [1.29, 1.82) is 0 Å². The van der Waals surface area contributed by atoms with E-state index >= 15 is 0 Å². The van der Waals surface area contributed by atoms with Crippen LogP contribution in [0.3, 0.4) is 0 Å². The molecule has 0 bridgehead atoms. The molecular formula is C3H9OPSi. The maximum absolute atomic E-state index is 5.02. The predicted octanol–water partition coefficient (Wildman–Crippen LogP) is 0.865. The summed E-state index contributed by atoms with van der Waals surface area (Å²) in [6.45, 7) is 5.04. The average molecular weight is 120 g/mol. The molecule has 0 N–H and O–H groups in total. The first kappa shape index (κ1) is 6.61. The molecule has 0 rings (SSSR count). The summed E-state index contributed by atoms with van der Waals surface area (Å²) in [6.07, 6.45) is 0. The van der Waals surface area contributed by atoms with Gasteiger partial charge in [0.25, 0.3) is 9.43 Å². The quantitative estimate of drug-likeness (QED) is 0.305. The summed E-state index contributed by atoms with van der Waals surface area (Å²) in [4.78, 5) is 0. The Morgan fingerprint density at radius 3 is 2.67 bits per heavy atom. The van der Waals surface area contributed by atoms with E-state index in [1.807, 2.05) is 6.92 Å². The van der Waals surface area contributed by atoms with E-state index in [2.05, 4.69) is 6.66 Å². The van der Waals surface area contributed by atoms with Gasteiger partial charge in [0.2, 0.25) is 0 Å². The Kier molecular flexibility index (Phi) is 6.17. The van der Waals surface area contributed by atoms with Gasteiger partial charge in [-0.1, -0.05) is 0 Å². The van der Waals surface area contributed by atoms with Gasteiger partial charge in [-0.15, -0.1) is 8.13 Å². The maximum Gasteiger partial charge on any atom is 0.259 e. The van der Waals surface area contributed by atoms with Gasteiger partial charge in [-0.3, -0.25) is 0 Å². The molecule has 0 amide bonds. The number of hydrogen-bond acceptors (Lipinski definition) is 1. The minimum Gasteiger partial charge on any atom is -0.412 e. The minimum absolute atomic E-state index is 0.743. The lowest BCUT2D eigenvalue weighted by atomic mass is 10.9. The fourth-order valence-electron chi connectivity index (χ4n) is 0.144. The third kappa shape index (κ3) is 4.61. The van der Waals surface area contributed by atoms with Crippen LogP contribution in [0.2, 0.25) is 0 Å². The number of hydrogen-bond donors (Lipinski definition) is 0. The lowest BCUT2D eigenvalue weighted by Gasteiger charge is -1.89. The van der Waals surface area contributed by atoms with Gasteiger partial charge in [0.15, 0.2) is 0 Å². The molecule has 1 atom stereocenters. The van der Waals surface area contributed by atoms with Gasteiger partial charge >= 0.3 is 0 Å². The molecule has 1 nitrogen and oxygen atoms in total. The fourth-order valence-corrected chi connectivity index (χ4v) is 1.30. The molecule has 1 unspecified atom stereocenters. The third-order valence-electron chi connectivity index (χ3n) is 0.319. The monoisotopic (exact) mass is 120 g/mol. The van der Waals surface area contributed by atoms with E-state index < -0.39 is 0 Å². The molecule has 2 radical (unpaired) electrons. The topological polar surface area (TPSA) is 9.23 Å². The maximum atomic E-state index is 5.02. The Bertz CT molecular complexity index is 22.8. The molecule has 6 heavy (non-hydrogen) atoms. The normalized spacial score (nSPS) is 11.0. The summed E-state index contributed by atoms with van der Waals surface area (Å²) < 4.78 is 5.02. The van der Waals surface area contributed by atoms with Crippen molar-refractivity contribution >= 4 is 17.6 Å². The third-order valence-corrected chi connectivity index (χ3v) is 2.00. The molecule has 0 aromatic heterocycles. The molecule has 0 fully saturated rings. The lowest BCUT2D eigenvalue weighted by molar-refractivity contribution is 0.371. The van der Waals surface area contributed by atoms with E-state index in [1.54, 1.807) is 0 Å². The molecule has 3 heteroatoms. The Hall–Kier alpha value is 0.607. The number of rotatable bonds is 3. The van der Waals surface area contributed by atoms with Crippen LogP contribution >= 0.6 is 8.13 Å². The van der Waals surface area contributed by atoms with Crippen LogP contribution in [0.5, 0.6) is 0 Å². The van der Waals surface area contributed by atoms with Crippen molar-refractivity contribution in [3.05, 3.63) is 0 Å². The van der Waals surface area contributed by atoms with Gasteiger partial charge in [-0.05, 0) is 13.6 Å². The summed E-state index contributed by atoms with van der Waals surface area (Å²) in [5, 5.41) is 0. The zero-order valence-corrected chi connectivity index (χ0v) is 6.12. The second-order valence-corrected chi connectivity index (χ2v) is 3.89. The van der Waals surface area contributed by atoms with Crippen molar-refractivity contribution in [2.24, 2.45) is 0 Å². The first-order valence-corrected chi connectivity index (χ1v) is 5.36. The molecule has 36 valence electrons. The van der Waals surface area contributed by atoms with E-state index in [0.29, 0.717) is 0 Å². The van der Waals surface area contributed by atoms with Crippen LogP contribution in [0.15, 0.2) is 0 Å². The minimum atomic E-state index is 0.743. The molecule has 0 aliphatic rings. The predicted molar refractivity (Wildman–Crippen MR) is 31.6 cm³/mol. The molecule has 0 aliphatic carbocycles. The van der Waals surface area contributed by atoms with E-state index in [-0.39, 0.29) is 0 Å². The SMILES string of the molecule is CCO[Si]PC. The highest BCUT2D eigenvalue weighted by Gasteiger charge is 1.77. The summed E-state index contributed by atoms with van der Waals surface area (Å²) in [5.74, 6) is 0. The van der Waals surface area contributed by atoms with E-state index in [1.165, 1.54) is 0 Å². The second kappa shape index (κ2) is 5.61. The van der Waals surface area contributed by atoms with Crippen molar-refractivity contribution < 1.29 is 4.43 Å². The molecule has 0 saturated heterocycles.